The number of amides is 2. The third-order valence-electron chi connectivity index (χ3n) is 4.47. The smallest absolute Gasteiger partial charge is 0.245 e. The maximum absolute atomic E-state index is 12.9. The molecule has 0 aromatic carbocycles. The first-order chi connectivity index (χ1) is 10.9. The number of carbonyl (C=O) groups excluding carboxylic acids is 2. The van der Waals surface area contributed by atoms with Gasteiger partial charge in [0.05, 0.1) is 18.8 Å². The summed E-state index contributed by atoms with van der Waals surface area (Å²) in [5.41, 5.74) is 0. The van der Waals surface area contributed by atoms with Crippen molar-refractivity contribution < 1.29 is 18.7 Å². The molecule has 3 heterocycles. The highest BCUT2D eigenvalue weighted by atomic mass is 16.5. The van der Waals surface area contributed by atoms with Gasteiger partial charge in [-0.25, -0.2) is 0 Å². The van der Waals surface area contributed by atoms with Gasteiger partial charge in [0.2, 0.25) is 11.8 Å². The first kappa shape index (κ1) is 16.1. The van der Waals surface area contributed by atoms with Crippen molar-refractivity contribution in [2.45, 2.75) is 58.4 Å². The summed E-state index contributed by atoms with van der Waals surface area (Å²) in [4.78, 5) is 28.6. The van der Waals surface area contributed by atoms with Crippen molar-refractivity contribution in [1.82, 2.24) is 9.80 Å². The van der Waals surface area contributed by atoms with Crippen LogP contribution in [0.4, 0.5) is 0 Å². The van der Waals surface area contributed by atoms with Crippen molar-refractivity contribution in [3.8, 4) is 0 Å². The van der Waals surface area contributed by atoms with Gasteiger partial charge in [0, 0.05) is 19.5 Å². The SMILES string of the molecule is Cc1ccc(CN2C(=O)CC[C@@H]2C(=O)N2C[C@@H](C)O[C@@H](C)C2)o1. The van der Waals surface area contributed by atoms with Gasteiger partial charge < -0.3 is 19.0 Å². The molecule has 2 aliphatic heterocycles. The summed E-state index contributed by atoms with van der Waals surface area (Å²) in [7, 11) is 0. The molecule has 2 amide bonds. The number of rotatable bonds is 3. The van der Waals surface area contributed by atoms with Crippen LogP contribution in [0.25, 0.3) is 0 Å². The van der Waals surface area contributed by atoms with Gasteiger partial charge in [-0.05, 0) is 39.3 Å². The zero-order valence-electron chi connectivity index (χ0n) is 13.9. The Balaban J connectivity index is 1.72. The van der Waals surface area contributed by atoms with E-state index in [9.17, 15) is 9.59 Å². The molecule has 0 bridgehead atoms. The standard InChI is InChI=1S/C17H24N2O4/c1-11-4-5-14(23-11)10-19-15(6-7-16(19)20)17(21)18-8-12(2)22-13(3)9-18/h4-5,12-13,15H,6-10H2,1-3H3/t12-,13+,15-/m1/s1. The zero-order valence-corrected chi connectivity index (χ0v) is 13.9. The lowest BCUT2D eigenvalue weighted by atomic mass is 10.1. The first-order valence-corrected chi connectivity index (χ1v) is 8.23. The molecule has 0 N–H and O–H groups in total. The molecule has 2 fully saturated rings. The monoisotopic (exact) mass is 320 g/mol. The highest BCUT2D eigenvalue weighted by Gasteiger charge is 2.40. The van der Waals surface area contributed by atoms with Gasteiger partial charge in [0.15, 0.2) is 0 Å². The molecule has 1 aromatic rings. The summed E-state index contributed by atoms with van der Waals surface area (Å²) in [6, 6.07) is 3.35. The average Bonchev–Trinajstić information content (AvgIpc) is 3.05. The van der Waals surface area contributed by atoms with E-state index in [1.54, 1.807) is 4.90 Å². The number of hydrogen-bond donors (Lipinski definition) is 0. The molecule has 0 saturated carbocycles. The average molecular weight is 320 g/mol. The van der Waals surface area contributed by atoms with Crippen LogP contribution in [0.1, 0.15) is 38.2 Å². The van der Waals surface area contributed by atoms with Gasteiger partial charge in [-0.15, -0.1) is 0 Å². The fraction of sp³-hybridized carbons (Fsp3) is 0.647. The number of morpholine rings is 1. The van der Waals surface area contributed by atoms with Crippen LogP contribution in [0, 0.1) is 6.92 Å². The van der Waals surface area contributed by atoms with Gasteiger partial charge in [-0.2, -0.15) is 0 Å². The molecule has 0 spiro atoms. The van der Waals surface area contributed by atoms with Crippen LogP contribution < -0.4 is 0 Å². The Morgan fingerprint density at radius 2 is 1.96 bits per heavy atom. The second kappa shape index (κ2) is 6.35. The number of hydrogen-bond acceptors (Lipinski definition) is 4. The minimum atomic E-state index is -0.384. The molecule has 0 radical (unpaired) electrons. The Bertz CT molecular complexity index is 587. The summed E-state index contributed by atoms with van der Waals surface area (Å²) in [5.74, 6) is 1.58. The number of carbonyl (C=O) groups is 2. The second-order valence-corrected chi connectivity index (χ2v) is 6.59. The van der Waals surface area contributed by atoms with E-state index in [-0.39, 0.29) is 30.1 Å². The fourth-order valence-electron chi connectivity index (χ4n) is 3.50. The molecule has 23 heavy (non-hydrogen) atoms. The fourth-order valence-corrected chi connectivity index (χ4v) is 3.50. The molecule has 6 nitrogen and oxygen atoms in total. The maximum atomic E-state index is 12.9. The Morgan fingerprint density at radius 1 is 1.26 bits per heavy atom. The van der Waals surface area contributed by atoms with Crippen LogP contribution in [0.2, 0.25) is 0 Å². The van der Waals surface area contributed by atoms with Gasteiger partial charge in [-0.1, -0.05) is 0 Å². The highest BCUT2D eigenvalue weighted by molar-refractivity contribution is 5.91. The first-order valence-electron chi connectivity index (χ1n) is 8.23. The lowest BCUT2D eigenvalue weighted by molar-refractivity contribution is -0.150. The van der Waals surface area contributed by atoms with Crippen LogP contribution in [0.15, 0.2) is 16.5 Å². The second-order valence-electron chi connectivity index (χ2n) is 6.59. The number of likely N-dealkylation sites (tertiary alicyclic amines) is 1. The Morgan fingerprint density at radius 3 is 2.57 bits per heavy atom. The highest BCUT2D eigenvalue weighted by Crippen LogP contribution is 2.25. The molecular weight excluding hydrogens is 296 g/mol. The van der Waals surface area contributed by atoms with Gasteiger partial charge in [0.1, 0.15) is 17.6 Å². The van der Waals surface area contributed by atoms with Gasteiger partial charge >= 0.3 is 0 Å². The number of nitrogens with zero attached hydrogens (tertiary/aromatic N) is 2. The van der Waals surface area contributed by atoms with Crippen LogP contribution in [-0.2, 0) is 20.9 Å². The summed E-state index contributed by atoms with van der Waals surface area (Å²) in [6.07, 6.45) is 1.06. The predicted octanol–water partition coefficient (Wildman–Crippen LogP) is 1.71. The van der Waals surface area contributed by atoms with Crippen LogP contribution in [-0.4, -0.2) is 53.0 Å². The molecule has 6 heteroatoms. The Labute approximate surface area is 136 Å². The van der Waals surface area contributed by atoms with Crippen molar-refractivity contribution in [2.75, 3.05) is 13.1 Å². The summed E-state index contributed by atoms with van der Waals surface area (Å²) in [6.45, 7) is 7.34. The van der Waals surface area contributed by atoms with E-state index in [1.807, 2.05) is 37.8 Å². The number of aryl methyl sites for hydroxylation is 1. The van der Waals surface area contributed by atoms with E-state index in [0.717, 1.165) is 11.5 Å². The Kier molecular flexibility index (Phi) is 4.43. The van der Waals surface area contributed by atoms with Crippen molar-refractivity contribution >= 4 is 11.8 Å². The molecular formula is C17H24N2O4. The minimum absolute atomic E-state index is 0.0201. The summed E-state index contributed by atoms with van der Waals surface area (Å²) in [5, 5.41) is 0. The van der Waals surface area contributed by atoms with Gasteiger partial charge in [-0.3, -0.25) is 9.59 Å². The van der Waals surface area contributed by atoms with E-state index in [1.165, 1.54) is 0 Å². The third-order valence-corrected chi connectivity index (χ3v) is 4.47. The van der Waals surface area contributed by atoms with E-state index in [2.05, 4.69) is 0 Å². The van der Waals surface area contributed by atoms with Gasteiger partial charge in [0.25, 0.3) is 0 Å². The molecule has 0 aliphatic carbocycles. The maximum Gasteiger partial charge on any atom is 0.245 e. The number of ether oxygens (including phenoxy) is 1. The topological polar surface area (TPSA) is 63.0 Å². The molecule has 1 aromatic heterocycles. The predicted molar refractivity (Wildman–Crippen MR) is 83.6 cm³/mol. The molecule has 0 unspecified atom stereocenters. The van der Waals surface area contributed by atoms with Crippen LogP contribution >= 0.6 is 0 Å². The van der Waals surface area contributed by atoms with Crippen molar-refractivity contribution in [1.29, 1.82) is 0 Å². The van der Waals surface area contributed by atoms with E-state index in [4.69, 9.17) is 9.15 Å². The molecule has 126 valence electrons. The van der Waals surface area contributed by atoms with E-state index >= 15 is 0 Å². The summed E-state index contributed by atoms with van der Waals surface area (Å²) >= 11 is 0. The lowest BCUT2D eigenvalue weighted by Crippen LogP contribution is -2.54. The third kappa shape index (κ3) is 3.42. The van der Waals surface area contributed by atoms with E-state index in [0.29, 0.717) is 32.5 Å². The zero-order chi connectivity index (χ0) is 16.6. The number of furan rings is 1. The molecule has 2 saturated heterocycles. The largest absolute Gasteiger partial charge is 0.464 e. The normalized spacial score (nSPS) is 28.5. The minimum Gasteiger partial charge on any atom is -0.464 e. The summed E-state index contributed by atoms with van der Waals surface area (Å²) < 4.78 is 11.2. The molecule has 3 rings (SSSR count). The van der Waals surface area contributed by atoms with Crippen LogP contribution in [0.5, 0.6) is 0 Å². The molecule has 3 atom stereocenters. The van der Waals surface area contributed by atoms with Crippen molar-refractivity contribution in [3.63, 3.8) is 0 Å². The van der Waals surface area contributed by atoms with Crippen LogP contribution in [0.3, 0.4) is 0 Å². The quantitative estimate of drug-likeness (QED) is 0.850. The molecule has 2 aliphatic rings. The lowest BCUT2D eigenvalue weighted by Gasteiger charge is -2.38. The Hall–Kier alpha value is -1.82. The van der Waals surface area contributed by atoms with E-state index < -0.39 is 0 Å². The van der Waals surface area contributed by atoms with Crippen molar-refractivity contribution in [3.05, 3.63) is 23.7 Å². The van der Waals surface area contributed by atoms with Crippen molar-refractivity contribution in [2.24, 2.45) is 0 Å².